The second-order valence-electron chi connectivity index (χ2n) is 6.71. The highest BCUT2D eigenvalue weighted by Crippen LogP contribution is 2.40. The van der Waals surface area contributed by atoms with Crippen LogP contribution in [0.4, 0.5) is 0 Å². The quantitative estimate of drug-likeness (QED) is 0.823. The molecular weight excluding hydrogens is 286 g/mol. The lowest BCUT2D eigenvalue weighted by atomic mass is 9.72. The average molecular weight is 310 g/mol. The standard InChI is InChI=1S/C16H24BrN/c1-15(2,3)12-16(9-4-5-10-18-16)13-7-6-8-14(17)11-13/h6-8,11,18H,4-5,9-10,12H2,1-3H3. The van der Waals surface area contributed by atoms with E-state index in [-0.39, 0.29) is 5.54 Å². The molecule has 0 radical (unpaired) electrons. The largest absolute Gasteiger partial charge is 0.307 e. The van der Waals surface area contributed by atoms with Crippen molar-refractivity contribution in [2.45, 2.75) is 52.0 Å². The van der Waals surface area contributed by atoms with Gasteiger partial charge in [0.15, 0.2) is 0 Å². The molecule has 0 aliphatic carbocycles. The summed E-state index contributed by atoms with van der Waals surface area (Å²) in [6.07, 6.45) is 5.08. The average Bonchev–Trinajstić information content (AvgIpc) is 2.28. The summed E-state index contributed by atoms with van der Waals surface area (Å²) in [7, 11) is 0. The third-order valence-corrected chi connectivity index (χ3v) is 4.20. The molecule has 0 saturated carbocycles. The molecule has 0 spiro atoms. The molecule has 2 heteroatoms. The number of hydrogen-bond donors (Lipinski definition) is 1. The van der Waals surface area contributed by atoms with E-state index in [0.29, 0.717) is 5.41 Å². The summed E-state index contributed by atoms with van der Waals surface area (Å²) in [5.41, 5.74) is 1.94. The Hall–Kier alpha value is -0.340. The predicted octanol–water partition coefficient (Wildman–Crippen LogP) is 4.85. The zero-order valence-corrected chi connectivity index (χ0v) is 13.3. The fourth-order valence-electron chi connectivity index (χ4n) is 3.16. The second-order valence-corrected chi connectivity index (χ2v) is 7.63. The Morgan fingerprint density at radius 2 is 2.06 bits per heavy atom. The molecular formula is C16H24BrN. The maximum atomic E-state index is 3.81. The summed E-state index contributed by atoms with van der Waals surface area (Å²) in [5.74, 6) is 0. The van der Waals surface area contributed by atoms with Crippen LogP contribution in [-0.2, 0) is 5.54 Å². The Balaban J connectivity index is 2.35. The number of halogens is 1. The van der Waals surface area contributed by atoms with E-state index in [1.54, 1.807) is 0 Å². The lowest BCUT2D eigenvalue weighted by Crippen LogP contribution is -2.48. The summed E-state index contributed by atoms with van der Waals surface area (Å²) in [4.78, 5) is 0. The molecule has 1 aromatic rings. The second kappa shape index (κ2) is 5.34. The van der Waals surface area contributed by atoms with Crippen molar-refractivity contribution in [1.82, 2.24) is 5.32 Å². The van der Waals surface area contributed by atoms with E-state index in [1.807, 2.05) is 0 Å². The van der Waals surface area contributed by atoms with E-state index >= 15 is 0 Å². The predicted molar refractivity (Wildman–Crippen MR) is 81.7 cm³/mol. The molecule has 0 aromatic heterocycles. The number of piperidine rings is 1. The van der Waals surface area contributed by atoms with E-state index < -0.39 is 0 Å². The third kappa shape index (κ3) is 3.36. The van der Waals surface area contributed by atoms with Crippen LogP contribution in [0.2, 0.25) is 0 Å². The van der Waals surface area contributed by atoms with Crippen molar-refractivity contribution in [3.8, 4) is 0 Å². The first-order valence-corrected chi connectivity index (χ1v) is 7.72. The van der Waals surface area contributed by atoms with Gasteiger partial charge in [-0.15, -0.1) is 0 Å². The van der Waals surface area contributed by atoms with Crippen molar-refractivity contribution in [2.75, 3.05) is 6.54 Å². The molecule has 1 nitrogen and oxygen atoms in total. The topological polar surface area (TPSA) is 12.0 Å². The Kier molecular flexibility index (Phi) is 4.18. The van der Waals surface area contributed by atoms with Crippen molar-refractivity contribution in [3.63, 3.8) is 0 Å². The van der Waals surface area contributed by atoms with Gasteiger partial charge >= 0.3 is 0 Å². The highest BCUT2D eigenvalue weighted by molar-refractivity contribution is 9.10. The molecule has 1 heterocycles. The van der Waals surface area contributed by atoms with Crippen LogP contribution in [-0.4, -0.2) is 6.54 Å². The molecule has 100 valence electrons. The first-order valence-electron chi connectivity index (χ1n) is 6.92. The van der Waals surface area contributed by atoms with Gasteiger partial charge in [0.2, 0.25) is 0 Å². The van der Waals surface area contributed by atoms with Gasteiger partial charge in [-0.25, -0.2) is 0 Å². The summed E-state index contributed by atoms with van der Waals surface area (Å²) < 4.78 is 1.18. The minimum absolute atomic E-state index is 0.167. The lowest BCUT2D eigenvalue weighted by Gasteiger charge is -2.43. The van der Waals surface area contributed by atoms with E-state index in [9.17, 15) is 0 Å². The monoisotopic (exact) mass is 309 g/mol. The zero-order chi connectivity index (χ0) is 13.2. The van der Waals surface area contributed by atoms with Crippen LogP contribution in [0.15, 0.2) is 28.7 Å². The lowest BCUT2D eigenvalue weighted by molar-refractivity contribution is 0.169. The van der Waals surface area contributed by atoms with E-state index in [0.717, 1.165) is 6.54 Å². The molecule has 1 unspecified atom stereocenters. The van der Waals surface area contributed by atoms with Crippen molar-refractivity contribution in [2.24, 2.45) is 5.41 Å². The maximum absolute atomic E-state index is 3.81. The fraction of sp³-hybridized carbons (Fsp3) is 0.625. The summed E-state index contributed by atoms with van der Waals surface area (Å²) in [5, 5.41) is 3.81. The Bertz CT molecular complexity index is 400. The number of rotatable bonds is 2. The highest BCUT2D eigenvalue weighted by Gasteiger charge is 2.37. The molecule has 2 rings (SSSR count). The van der Waals surface area contributed by atoms with Crippen molar-refractivity contribution in [3.05, 3.63) is 34.3 Å². The van der Waals surface area contributed by atoms with Crippen molar-refractivity contribution in [1.29, 1.82) is 0 Å². The SMILES string of the molecule is CC(C)(C)CC1(c2cccc(Br)c2)CCCCN1. The van der Waals surface area contributed by atoms with Gasteiger partial charge in [-0.1, -0.05) is 55.3 Å². The molecule has 1 N–H and O–H groups in total. The number of nitrogens with one attached hydrogen (secondary N) is 1. The first kappa shape index (κ1) is 14.1. The molecule has 1 saturated heterocycles. The van der Waals surface area contributed by atoms with Gasteiger partial charge in [0.25, 0.3) is 0 Å². The van der Waals surface area contributed by atoms with Crippen LogP contribution < -0.4 is 5.32 Å². The molecule has 1 aliphatic heterocycles. The third-order valence-electron chi connectivity index (χ3n) is 3.70. The zero-order valence-electron chi connectivity index (χ0n) is 11.7. The molecule has 0 bridgehead atoms. The van der Waals surface area contributed by atoms with Crippen LogP contribution in [0.1, 0.15) is 52.0 Å². The van der Waals surface area contributed by atoms with Gasteiger partial charge in [0.05, 0.1) is 0 Å². The molecule has 0 amide bonds. The maximum Gasteiger partial charge on any atom is 0.0440 e. The highest BCUT2D eigenvalue weighted by atomic mass is 79.9. The van der Waals surface area contributed by atoms with Crippen molar-refractivity contribution < 1.29 is 0 Å². The van der Waals surface area contributed by atoms with Gasteiger partial charge in [-0.05, 0) is 48.9 Å². The summed E-state index contributed by atoms with van der Waals surface area (Å²) in [6.45, 7) is 8.15. The van der Waals surface area contributed by atoms with Crippen molar-refractivity contribution >= 4 is 15.9 Å². The smallest absolute Gasteiger partial charge is 0.0440 e. The fourth-order valence-corrected chi connectivity index (χ4v) is 3.56. The summed E-state index contributed by atoms with van der Waals surface area (Å²) >= 11 is 3.60. The summed E-state index contributed by atoms with van der Waals surface area (Å²) in [6, 6.07) is 8.82. The normalized spacial score (nSPS) is 25.1. The first-order chi connectivity index (χ1) is 8.41. The number of benzene rings is 1. The molecule has 1 fully saturated rings. The molecule has 18 heavy (non-hydrogen) atoms. The minimum atomic E-state index is 0.167. The van der Waals surface area contributed by atoms with E-state index in [1.165, 1.54) is 35.7 Å². The number of hydrogen-bond acceptors (Lipinski definition) is 1. The van der Waals surface area contributed by atoms with Gasteiger partial charge in [0, 0.05) is 10.0 Å². The van der Waals surface area contributed by atoms with Gasteiger partial charge in [-0.3, -0.25) is 0 Å². The molecule has 1 aromatic carbocycles. The van der Waals surface area contributed by atoms with Crippen LogP contribution >= 0.6 is 15.9 Å². The van der Waals surface area contributed by atoms with Crippen LogP contribution in [0.25, 0.3) is 0 Å². The van der Waals surface area contributed by atoms with Gasteiger partial charge in [-0.2, -0.15) is 0 Å². The molecule has 1 aliphatic rings. The minimum Gasteiger partial charge on any atom is -0.307 e. The van der Waals surface area contributed by atoms with Crippen LogP contribution in [0.5, 0.6) is 0 Å². The Morgan fingerprint density at radius 3 is 2.61 bits per heavy atom. The van der Waals surface area contributed by atoms with Gasteiger partial charge < -0.3 is 5.32 Å². The van der Waals surface area contributed by atoms with E-state index in [2.05, 4.69) is 66.3 Å². The Morgan fingerprint density at radius 1 is 1.28 bits per heavy atom. The Labute approximate surface area is 119 Å². The van der Waals surface area contributed by atoms with Gasteiger partial charge in [0.1, 0.15) is 0 Å². The van der Waals surface area contributed by atoms with Crippen LogP contribution in [0.3, 0.4) is 0 Å². The van der Waals surface area contributed by atoms with Crippen LogP contribution in [0, 0.1) is 5.41 Å². The molecule has 1 atom stereocenters. The van der Waals surface area contributed by atoms with E-state index in [4.69, 9.17) is 0 Å².